The summed E-state index contributed by atoms with van der Waals surface area (Å²) in [6.07, 6.45) is 2.38. The summed E-state index contributed by atoms with van der Waals surface area (Å²) >= 11 is 7.74. The Balaban J connectivity index is 1.63. The number of fused-ring (bicyclic) bond motifs is 1. The van der Waals surface area contributed by atoms with Crippen LogP contribution in [0.1, 0.15) is 12.8 Å². The van der Waals surface area contributed by atoms with Crippen LogP contribution in [0.5, 0.6) is 0 Å². The van der Waals surface area contributed by atoms with E-state index < -0.39 is 0 Å². The summed E-state index contributed by atoms with van der Waals surface area (Å²) in [7, 11) is 0. The number of nitrogens with zero attached hydrogens (tertiary/aromatic N) is 2. The molecule has 4 aromatic rings. The highest BCUT2D eigenvalue weighted by Gasteiger charge is 2.20. The minimum atomic E-state index is 0.205. The highest BCUT2D eigenvalue weighted by Crippen LogP contribution is 2.29. The average Bonchev–Trinajstić information content (AvgIpc) is 3.42. The highest BCUT2D eigenvalue weighted by molar-refractivity contribution is 7.07. The van der Waals surface area contributed by atoms with Crippen molar-refractivity contribution < 1.29 is 9.15 Å². The number of ether oxygens (including phenoxy) is 1. The fourth-order valence-corrected chi connectivity index (χ4v) is 4.65. The third-order valence-corrected chi connectivity index (χ3v) is 6.02. The van der Waals surface area contributed by atoms with Gasteiger partial charge in [0.2, 0.25) is 0 Å². The van der Waals surface area contributed by atoms with Crippen LogP contribution in [0.2, 0.25) is 5.02 Å². The number of thiazole rings is 1. The van der Waals surface area contributed by atoms with Crippen molar-refractivity contribution in [2.45, 2.75) is 25.5 Å². The molecule has 5 rings (SSSR count). The van der Waals surface area contributed by atoms with Crippen LogP contribution < -0.4 is 4.80 Å². The number of aromatic nitrogens is 1. The van der Waals surface area contributed by atoms with Crippen LogP contribution in [0.4, 0.5) is 5.69 Å². The molecule has 0 radical (unpaired) electrons. The third-order valence-electron chi connectivity index (χ3n) is 4.92. The zero-order valence-electron chi connectivity index (χ0n) is 15.2. The monoisotopic (exact) mass is 410 g/mol. The van der Waals surface area contributed by atoms with E-state index in [1.807, 2.05) is 42.5 Å². The lowest BCUT2D eigenvalue weighted by molar-refractivity contribution is 0.0967. The summed E-state index contributed by atoms with van der Waals surface area (Å²) < 4.78 is 14.2. The smallest absolute Gasteiger partial charge is 0.190 e. The van der Waals surface area contributed by atoms with Gasteiger partial charge in [-0.1, -0.05) is 35.9 Å². The Hall–Kier alpha value is -2.34. The van der Waals surface area contributed by atoms with Gasteiger partial charge in [-0.05, 0) is 43.2 Å². The van der Waals surface area contributed by atoms with Gasteiger partial charge in [-0.3, -0.25) is 0 Å². The second-order valence-electron chi connectivity index (χ2n) is 6.89. The molecule has 6 heteroatoms. The zero-order chi connectivity index (χ0) is 18.9. The highest BCUT2D eigenvalue weighted by atomic mass is 35.5. The van der Waals surface area contributed by atoms with Gasteiger partial charge in [0, 0.05) is 22.4 Å². The van der Waals surface area contributed by atoms with Crippen LogP contribution in [0.25, 0.3) is 22.4 Å². The molecule has 1 atom stereocenters. The molecular formula is C22H19ClN2O2S. The van der Waals surface area contributed by atoms with Crippen LogP contribution in [0.15, 0.2) is 69.4 Å². The van der Waals surface area contributed by atoms with E-state index >= 15 is 0 Å². The molecule has 3 heterocycles. The Morgan fingerprint density at radius 1 is 1.14 bits per heavy atom. The molecule has 1 aliphatic rings. The quantitative estimate of drug-likeness (QED) is 0.412. The minimum absolute atomic E-state index is 0.205. The topological polar surface area (TPSA) is 39.7 Å². The van der Waals surface area contributed by atoms with Gasteiger partial charge in [-0.2, -0.15) is 0 Å². The van der Waals surface area contributed by atoms with E-state index in [0.29, 0.717) is 5.02 Å². The van der Waals surface area contributed by atoms with Crippen LogP contribution in [0, 0.1) is 0 Å². The molecule has 0 saturated carbocycles. The molecule has 28 heavy (non-hydrogen) atoms. The van der Waals surface area contributed by atoms with E-state index in [0.717, 1.165) is 58.9 Å². The second-order valence-corrected chi connectivity index (χ2v) is 8.16. The molecule has 0 amide bonds. The van der Waals surface area contributed by atoms with Gasteiger partial charge in [0.1, 0.15) is 5.58 Å². The first-order valence-electron chi connectivity index (χ1n) is 9.35. The van der Waals surface area contributed by atoms with Crippen molar-refractivity contribution in [3.8, 4) is 11.5 Å². The Labute approximate surface area is 171 Å². The molecule has 1 aliphatic heterocycles. The maximum Gasteiger partial charge on any atom is 0.190 e. The van der Waals surface area contributed by atoms with Gasteiger partial charge in [-0.25, -0.2) is 4.99 Å². The molecule has 2 aromatic heterocycles. The van der Waals surface area contributed by atoms with Gasteiger partial charge >= 0.3 is 0 Å². The van der Waals surface area contributed by atoms with Crippen molar-refractivity contribution in [2.75, 3.05) is 6.61 Å². The minimum Gasteiger partial charge on any atom is -0.454 e. The lowest BCUT2D eigenvalue weighted by Gasteiger charge is -2.13. The van der Waals surface area contributed by atoms with Gasteiger partial charge < -0.3 is 13.7 Å². The summed E-state index contributed by atoms with van der Waals surface area (Å²) in [6.45, 7) is 1.59. The van der Waals surface area contributed by atoms with Crippen LogP contribution in [0.3, 0.4) is 0 Å². The molecule has 4 nitrogen and oxygen atoms in total. The molecule has 142 valence electrons. The molecule has 2 aromatic carbocycles. The molecule has 0 spiro atoms. The van der Waals surface area contributed by atoms with Gasteiger partial charge in [0.25, 0.3) is 0 Å². The summed E-state index contributed by atoms with van der Waals surface area (Å²) in [5.41, 5.74) is 2.75. The van der Waals surface area contributed by atoms with Crippen LogP contribution in [-0.2, 0) is 11.3 Å². The molecule has 0 bridgehead atoms. The summed E-state index contributed by atoms with van der Waals surface area (Å²) in [4.78, 5) is 5.75. The Morgan fingerprint density at radius 3 is 2.89 bits per heavy atom. The predicted octanol–water partition coefficient (Wildman–Crippen LogP) is 6.03. The Kier molecular flexibility index (Phi) is 4.81. The average molecular weight is 411 g/mol. The molecule has 0 aliphatic carbocycles. The maximum atomic E-state index is 6.14. The van der Waals surface area contributed by atoms with E-state index in [1.54, 1.807) is 11.3 Å². The van der Waals surface area contributed by atoms with Gasteiger partial charge in [0.15, 0.2) is 10.6 Å². The number of rotatable bonds is 4. The molecular weight excluding hydrogens is 392 g/mol. The normalized spacial score (nSPS) is 17.6. The van der Waals surface area contributed by atoms with Crippen LogP contribution in [-0.4, -0.2) is 17.3 Å². The van der Waals surface area contributed by atoms with E-state index in [1.165, 1.54) is 0 Å². The van der Waals surface area contributed by atoms with E-state index in [-0.39, 0.29) is 6.10 Å². The van der Waals surface area contributed by atoms with Crippen molar-refractivity contribution >= 4 is 39.6 Å². The number of hydrogen-bond donors (Lipinski definition) is 0. The lowest BCUT2D eigenvalue weighted by Crippen LogP contribution is -2.23. The van der Waals surface area contributed by atoms with Crippen molar-refractivity contribution in [3.05, 3.63) is 69.8 Å². The largest absolute Gasteiger partial charge is 0.454 e. The van der Waals surface area contributed by atoms with E-state index in [9.17, 15) is 0 Å². The third kappa shape index (κ3) is 3.53. The van der Waals surface area contributed by atoms with Crippen molar-refractivity contribution in [3.63, 3.8) is 0 Å². The van der Waals surface area contributed by atoms with Crippen molar-refractivity contribution in [1.29, 1.82) is 0 Å². The number of benzene rings is 2. The summed E-state index contributed by atoms with van der Waals surface area (Å²) in [5, 5.41) is 3.89. The fourth-order valence-electron chi connectivity index (χ4n) is 3.55. The second kappa shape index (κ2) is 7.59. The first kappa shape index (κ1) is 17.7. The van der Waals surface area contributed by atoms with Gasteiger partial charge in [-0.15, -0.1) is 11.3 Å². The molecule has 1 saturated heterocycles. The summed E-state index contributed by atoms with van der Waals surface area (Å²) in [6, 6.07) is 17.8. The standard InChI is InChI=1S/C22H19ClN2O2S/c23-16-6-3-7-17(12-16)24-22-25(13-18-8-4-10-26-18)19(14-28-22)21-11-15-5-1-2-9-20(15)27-21/h1-3,5-7,9,11-12,14,18H,4,8,10,13H2. The first-order chi connectivity index (χ1) is 13.8. The van der Waals surface area contributed by atoms with E-state index in [2.05, 4.69) is 22.1 Å². The van der Waals surface area contributed by atoms with E-state index in [4.69, 9.17) is 25.7 Å². The number of para-hydroxylation sites is 1. The van der Waals surface area contributed by atoms with Gasteiger partial charge in [0.05, 0.1) is 24.0 Å². The lowest BCUT2D eigenvalue weighted by atomic mass is 10.2. The predicted molar refractivity (Wildman–Crippen MR) is 113 cm³/mol. The Bertz CT molecular complexity index is 1150. The van der Waals surface area contributed by atoms with Crippen LogP contribution >= 0.6 is 22.9 Å². The summed E-state index contributed by atoms with van der Waals surface area (Å²) in [5.74, 6) is 0.850. The van der Waals surface area contributed by atoms with Crippen molar-refractivity contribution in [2.24, 2.45) is 4.99 Å². The fraction of sp³-hybridized carbons (Fsp3) is 0.227. The van der Waals surface area contributed by atoms with Crippen molar-refractivity contribution in [1.82, 2.24) is 4.57 Å². The maximum absolute atomic E-state index is 6.14. The molecule has 0 N–H and O–H groups in total. The number of hydrogen-bond acceptors (Lipinski definition) is 4. The zero-order valence-corrected chi connectivity index (χ0v) is 16.7. The molecule has 1 fully saturated rings. The number of halogens is 1. The SMILES string of the molecule is Clc1cccc(N=c2scc(-c3cc4ccccc4o3)n2CC2CCCO2)c1. The first-order valence-corrected chi connectivity index (χ1v) is 10.6. The number of furan rings is 1. The molecule has 1 unspecified atom stereocenters. The Morgan fingerprint density at radius 2 is 2.07 bits per heavy atom.